The van der Waals surface area contributed by atoms with E-state index in [1.165, 1.54) is 38.5 Å². The minimum atomic E-state index is -0.0649. The first-order valence-electron chi connectivity index (χ1n) is 8.44. The van der Waals surface area contributed by atoms with E-state index >= 15 is 0 Å². The molecule has 20 heavy (non-hydrogen) atoms. The normalized spacial score (nSPS) is 29.4. The second-order valence-corrected chi connectivity index (χ2v) is 7.21. The van der Waals surface area contributed by atoms with Gasteiger partial charge in [0.25, 0.3) is 0 Å². The van der Waals surface area contributed by atoms with Crippen LogP contribution in [0.5, 0.6) is 0 Å². The SMILES string of the molecule is CCNC1CC(OCCC(C)(C)OC)C12CCCCC2. The molecule has 0 amide bonds. The first-order valence-corrected chi connectivity index (χ1v) is 8.44. The van der Waals surface area contributed by atoms with Gasteiger partial charge in [-0.3, -0.25) is 0 Å². The Morgan fingerprint density at radius 3 is 2.50 bits per heavy atom. The Morgan fingerprint density at radius 2 is 1.90 bits per heavy atom. The maximum atomic E-state index is 6.27. The van der Waals surface area contributed by atoms with Crippen LogP contribution in [0.1, 0.15) is 65.7 Å². The summed E-state index contributed by atoms with van der Waals surface area (Å²) in [5, 5.41) is 3.69. The van der Waals surface area contributed by atoms with Gasteiger partial charge in [-0.2, -0.15) is 0 Å². The quantitative estimate of drug-likeness (QED) is 0.775. The predicted molar refractivity (Wildman–Crippen MR) is 83.0 cm³/mol. The van der Waals surface area contributed by atoms with Gasteiger partial charge in [-0.25, -0.2) is 0 Å². The van der Waals surface area contributed by atoms with Crippen molar-refractivity contribution in [3.63, 3.8) is 0 Å². The number of nitrogens with one attached hydrogen (secondary N) is 1. The second kappa shape index (κ2) is 6.76. The third-order valence-electron chi connectivity index (χ3n) is 5.60. The molecular weight excluding hydrogens is 250 g/mol. The Hall–Kier alpha value is -0.120. The highest BCUT2D eigenvalue weighted by Crippen LogP contribution is 2.53. The third-order valence-corrected chi connectivity index (χ3v) is 5.60. The Morgan fingerprint density at radius 1 is 1.20 bits per heavy atom. The Labute approximate surface area is 124 Å². The summed E-state index contributed by atoms with van der Waals surface area (Å²) in [4.78, 5) is 0. The molecule has 1 N–H and O–H groups in total. The molecule has 0 saturated heterocycles. The van der Waals surface area contributed by atoms with E-state index in [0.717, 1.165) is 19.6 Å². The van der Waals surface area contributed by atoms with E-state index in [1.54, 1.807) is 7.11 Å². The van der Waals surface area contributed by atoms with Crippen molar-refractivity contribution in [3.05, 3.63) is 0 Å². The lowest BCUT2D eigenvalue weighted by molar-refractivity contribution is -0.159. The summed E-state index contributed by atoms with van der Waals surface area (Å²) < 4.78 is 11.7. The van der Waals surface area contributed by atoms with Crippen molar-refractivity contribution in [3.8, 4) is 0 Å². The summed E-state index contributed by atoms with van der Waals surface area (Å²) >= 11 is 0. The number of ether oxygens (including phenoxy) is 2. The maximum absolute atomic E-state index is 6.27. The van der Waals surface area contributed by atoms with Crippen LogP contribution < -0.4 is 5.32 Å². The molecule has 2 rings (SSSR count). The van der Waals surface area contributed by atoms with E-state index in [4.69, 9.17) is 9.47 Å². The molecule has 1 spiro atoms. The first kappa shape index (κ1) is 16.3. The number of rotatable bonds is 7. The summed E-state index contributed by atoms with van der Waals surface area (Å²) in [6, 6.07) is 0.688. The fraction of sp³-hybridized carbons (Fsp3) is 1.00. The maximum Gasteiger partial charge on any atom is 0.0661 e. The van der Waals surface area contributed by atoms with E-state index < -0.39 is 0 Å². The molecule has 0 heterocycles. The molecular formula is C17H33NO2. The molecule has 118 valence electrons. The van der Waals surface area contributed by atoms with Gasteiger partial charge >= 0.3 is 0 Å². The molecule has 2 saturated carbocycles. The van der Waals surface area contributed by atoms with Crippen LogP contribution in [0.4, 0.5) is 0 Å². The van der Waals surface area contributed by atoms with E-state index in [2.05, 4.69) is 26.1 Å². The topological polar surface area (TPSA) is 30.5 Å². The summed E-state index contributed by atoms with van der Waals surface area (Å²) in [5.41, 5.74) is 0.371. The standard InChI is InChI=1S/C17H33NO2/c1-5-18-14-13-15(17(14)9-7-6-8-10-17)20-12-11-16(2,3)19-4/h14-15,18H,5-13H2,1-4H3. The molecule has 2 atom stereocenters. The van der Waals surface area contributed by atoms with E-state index in [9.17, 15) is 0 Å². The molecule has 3 heteroatoms. The van der Waals surface area contributed by atoms with Crippen LogP contribution in [0.15, 0.2) is 0 Å². The van der Waals surface area contributed by atoms with Crippen molar-refractivity contribution < 1.29 is 9.47 Å². The van der Waals surface area contributed by atoms with Crippen molar-refractivity contribution in [1.82, 2.24) is 5.32 Å². The zero-order valence-corrected chi connectivity index (χ0v) is 13.8. The zero-order chi connectivity index (χ0) is 14.6. The molecule has 0 aromatic heterocycles. The molecule has 3 nitrogen and oxygen atoms in total. The average molecular weight is 283 g/mol. The predicted octanol–water partition coefficient (Wildman–Crippen LogP) is 3.52. The van der Waals surface area contributed by atoms with Gasteiger partial charge in [0.2, 0.25) is 0 Å². The van der Waals surface area contributed by atoms with Crippen LogP contribution in [-0.4, -0.2) is 38.0 Å². The number of hydrogen-bond donors (Lipinski definition) is 1. The van der Waals surface area contributed by atoms with Gasteiger partial charge in [-0.1, -0.05) is 26.2 Å². The lowest BCUT2D eigenvalue weighted by Crippen LogP contribution is -2.64. The van der Waals surface area contributed by atoms with Gasteiger partial charge in [0.1, 0.15) is 0 Å². The second-order valence-electron chi connectivity index (χ2n) is 7.21. The summed E-state index contributed by atoms with van der Waals surface area (Å²) in [6.07, 6.45) is 9.51. The Kier molecular flexibility index (Phi) is 5.49. The van der Waals surface area contributed by atoms with Crippen LogP contribution in [0.3, 0.4) is 0 Å². The monoisotopic (exact) mass is 283 g/mol. The molecule has 2 aliphatic rings. The van der Waals surface area contributed by atoms with Crippen LogP contribution in [0, 0.1) is 5.41 Å². The van der Waals surface area contributed by atoms with Crippen LogP contribution in [0.25, 0.3) is 0 Å². The molecule has 0 aromatic carbocycles. The minimum Gasteiger partial charge on any atom is -0.379 e. The van der Waals surface area contributed by atoms with Gasteiger partial charge < -0.3 is 14.8 Å². The Bertz CT molecular complexity index is 297. The molecule has 2 fully saturated rings. The zero-order valence-electron chi connectivity index (χ0n) is 13.8. The highest BCUT2D eigenvalue weighted by molar-refractivity contribution is 5.08. The van der Waals surface area contributed by atoms with Gasteiger partial charge in [-0.15, -0.1) is 0 Å². The molecule has 0 aromatic rings. The highest BCUT2D eigenvalue weighted by atomic mass is 16.5. The highest BCUT2D eigenvalue weighted by Gasteiger charge is 2.55. The summed E-state index contributed by atoms with van der Waals surface area (Å²) in [5.74, 6) is 0. The molecule has 0 aliphatic heterocycles. The lowest BCUT2D eigenvalue weighted by atomic mass is 9.55. The fourth-order valence-corrected chi connectivity index (χ4v) is 3.94. The van der Waals surface area contributed by atoms with Crippen molar-refractivity contribution in [2.75, 3.05) is 20.3 Å². The smallest absolute Gasteiger partial charge is 0.0661 e. The number of hydrogen-bond acceptors (Lipinski definition) is 3. The summed E-state index contributed by atoms with van der Waals surface area (Å²) in [7, 11) is 1.78. The van der Waals surface area contributed by atoms with E-state index in [-0.39, 0.29) is 5.60 Å². The van der Waals surface area contributed by atoms with Crippen molar-refractivity contribution in [2.45, 2.75) is 83.5 Å². The largest absolute Gasteiger partial charge is 0.379 e. The van der Waals surface area contributed by atoms with Crippen molar-refractivity contribution in [2.24, 2.45) is 5.41 Å². The number of methoxy groups -OCH3 is 1. The van der Waals surface area contributed by atoms with Crippen LogP contribution in [0.2, 0.25) is 0 Å². The first-order chi connectivity index (χ1) is 9.54. The van der Waals surface area contributed by atoms with Crippen molar-refractivity contribution in [1.29, 1.82) is 0 Å². The molecule has 2 unspecified atom stereocenters. The molecule has 0 radical (unpaired) electrons. The van der Waals surface area contributed by atoms with Gasteiger partial charge in [0.05, 0.1) is 11.7 Å². The van der Waals surface area contributed by atoms with Crippen molar-refractivity contribution >= 4 is 0 Å². The fourth-order valence-electron chi connectivity index (χ4n) is 3.94. The Balaban J connectivity index is 1.85. The average Bonchev–Trinajstić information content (AvgIpc) is 2.46. The third kappa shape index (κ3) is 3.37. The van der Waals surface area contributed by atoms with Crippen LogP contribution >= 0.6 is 0 Å². The van der Waals surface area contributed by atoms with Gasteiger partial charge in [-0.05, 0) is 46.1 Å². The molecule has 2 aliphatic carbocycles. The minimum absolute atomic E-state index is 0.0649. The van der Waals surface area contributed by atoms with E-state index in [1.807, 2.05) is 0 Å². The van der Waals surface area contributed by atoms with Gasteiger partial charge in [0.15, 0.2) is 0 Å². The van der Waals surface area contributed by atoms with E-state index in [0.29, 0.717) is 17.6 Å². The van der Waals surface area contributed by atoms with Crippen LogP contribution in [-0.2, 0) is 9.47 Å². The summed E-state index contributed by atoms with van der Waals surface area (Å²) in [6.45, 7) is 8.39. The molecule has 0 bridgehead atoms. The van der Waals surface area contributed by atoms with Gasteiger partial charge in [0, 0.05) is 25.2 Å². The lowest BCUT2D eigenvalue weighted by Gasteiger charge is -2.58.